The van der Waals surface area contributed by atoms with Crippen LogP contribution in [0.1, 0.15) is 11.1 Å². The second kappa shape index (κ2) is 5.62. The van der Waals surface area contributed by atoms with Crippen LogP contribution >= 0.6 is 0 Å². The van der Waals surface area contributed by atoms with Gasteiger partial charge in [-0.3, -0.25) is 0 Å². The van der Waals surface area contributed by atoms with Crippen molar-refractivity contribution in [2.24, 2.45) is 0 Å². The van der Waals surface area contributed by atoms with Gasteiger partial charge in [0.15, 0.2) is 0 Å². The molecule has 0 saturated carbocycles. The van der Waals surface area contributed by atoms with Crippen molar-refractivity contribution in [3.05, 3.63) is 29.3 Å². The smallest absolute Gasteiger partial charge is 0.0587 e. The van der Waals surface area contributed by atoms with Crippen molar-refractivity contribution in [1.29, 1.82) is 0 Å². The Hall–Kier alpha value is -1.06. The summed E-state index contributed by atoms with van der Waals surface area (Å²) in [7, 11) is 1.70. The first-order valence-corrected chi connectivity index (χ1v) is 4.79. The van der Waals surface area contributed by atoms with E-state index in [1.54, 1.807) is 7.11 Å². The predicted octanol–water partition coefficient (Wildman–Crippen LogP) is 1.31. The summed E-state index contributed by atoms with van der Waals surface area (Å²) in [6, 6.07) is 6.00. The lowest BCUT2D eigenvalue weighted by atomic mass is 10.1. The third kappa shape index (κ3) is 3.01. The summed E-state index contributed by atoms with van der Waals surface area (Å²) in [5, 5.41) is 3.29. The van der Waals surface area contributed by atoms with E-state index >= 15 is 0 Å². The van der Waals surface area contributed by atoms with Gasteiger partial charge in [-0.05, 0) is 24.1 Å². The number of methoxy groups -OCH3 is 1. The molecular weight excluding hydrogens is 176 g/mol. The van der Waals surface area contributed by atoms with Crippen LogP contribution in [0.15, 0.2) is 18.2 Å². The van der Waals surface area contributed by atoms with E-state index in [4.69, 9.17) is 10.5 Å². The summed E-state index contributed by atoms with van der Waals surface area (Å²) in [4.78, 5) is 0. The van der Waals surface area contributed by atoms with E-state index in [2.05, 4.69) is 11.4 Å². The first-order valence-electron chi connectivity index (χ1n) is 4.79. The molecule has 0 bridgehead atoms. The van der Waals surface area contributed by atoms with Gasteiger partial charge in [-0.2, -0.15) is 0 Å². The monoisotopic (exact) mass is 194 g/mol. The van der Waals surface area contributed by atoms with Crippen LogP contribution in [0, 0.1) is 6.92 Å². The quantitative estimate of drug-likeness (QED) is 0.549. The van der Waals surface area contributed by atoms with E-state index in [0.29, 0.717) is 0 Å². The Bertz CT molecular complexity index is 287. The van der Waals surface area contributed by atoms with Gasteiger partial charge in [0.05, 0.1) is 6.61 Å². The molecule has 0 aliphatic rings. The van der Waals surface area contributed by atoms with E-state index in [1.165, 1.54) is 5.56 Å². The molecule has 0 saturated heterocycles. The first kappa shape index (κ1) is 11.0. The number of nitrogen functional groups attached to an aromatic ring is 1. The van der Waals surface area contributed by atoms with Crippen LogP contribution in [0.5, 0.6) is 0 Å². The van der Waals surface area contributed by atoms with Crippen molar-refractivity contribution < 1.29 is 4.74 Å². The Balaban J connectivity index is 2.46. The van der Waals surface area contributed by atoms with Crippen LogP contribution in [-0.2, 0) is 11.3 Å². The van der Waals surface area contributed by atoms with Crippen LogP contribution in [0.25, 0.3) is 0 Å². The van der Waals surface area contributed by atoms with Crippen molar-refractivity contribution in [2.45, 2.75) is 13.5 Å². The van der Waals surface area contributed by atoms with Gasteiger partial charge in [-0.25, -0.2) is 0 Å². The van der Waals surface area contributed by atoms with Crippen molar-refractivity contribution in [3.8, 4) is 0 Å². The molecule has 0 aliphatic carbocycles. The van der Waals surface area contributed by atoms with Crippen LogP contribution in [0.2, 0.25) is 0 Å². The van der Waals surface area contributed by atoms with Gasteiger partial charge in [0.2, 0.25) is 0 Å². The van der Waals surface area contributed by atoms with Crippen LogP contribution in [0.3, 0.4) is 0 Å². The molecule has 0 radical (unpaired) electrons. The van der Waals surface area contributed by atoms with Crippen molar-refractivity contribution in [3.63, 3.8) is 0 Å². The Morgan fingerprint density at radius 2 is 2.21 bits per heavy atom. The fourth-order valence-electron chi connectivity index (χ4n) is 1.29. The number of benzene rings is 1. The fraction of sp³-hybridized carbons (Fsp3) is 0.455. The van der Waals surface area contributed by atoms with Crippen LogP contribution < -0.4 is 11.1 Å². The zero-order chi connectivity index (χ0) is 10.4. The average Bonchev–Trinajstić information content (AvgIpc) is 2.19. The standard InChI is InChI=1S/C11H18N2O/c1-9-10(4-3-5-11(9)12)8-13-6-7-14-2/h3-5,13H,6-8,12H2,1-2H3. The lowest BCUT2D eigenvalue weighted by molar-refractivity contribution is 0.199. The molecule has 0 heterocycles. The van der Waals surface area contributed by atoms with Crippen LogP contribution in [-0.4, -0.2) is 20.3 Å². The van der Waals surface area contributed by atoms with Gasteiger partial charge < -0.3 is 15.8 Å². The van der Waals surface area contributed by atoms with Crippen molar-refractivity contribution in [2.75, 3.05) is 26.0 Å². The molecule has 0 aliphatic heterocycles. The van der Waals surface area contributed by atoms with Crippen molar-refractivity contribution in [1.82, 2.24) is 5.32 Å². The predicted molar refractivity (Wildman–Crippen MR) is 59.2 cm³/mol. The number of hydrogen-bond acceptors (Lipinski definition) is 3. The zero-order valence-corrected chi connectivity index (χ0v) is 8.84. The number of ether oxygens (including phenoxy) is 1. The third-order valence-corrected chi connectivity index (χ3v) is 2.29. The molecule has 3 N–H and O–H groups in total. The Labute approximate surface area is 85.3 Å². The summed E-state index contributed by atoms with van der Waals surface area (Å²) < 4.78 is 4.95. The molecule has 0 fully saturated rings. The van der Waals surface area contributed by atoms with Gasteiger partial charge in [0.1, 0.15) is 0 Å². The molecule has 1 rings (SSSR count). The highest BCUT2D eigenvalue weighted by Gasteiger charge is 1.99. The maximum absolute atomic E-state index is 5.80. The maximum Gasteiger partial charge on any atom is 0.0587 e. The molecule has 1 aromatic rings. The summed E-state index contributed by atoms with van der Waals surface area (Å²) in [5.41, 5.74) is 9.07. The second-order valence-electron chi connectivity index (χ2n) is 3.30. The fourth-order valence-corrected chi connectivity index (χ4v) is 1.29. The molecule has 0 amide bonds. The molecule has 3 nitrogen and oxygen atoms in total. The average molecular weight is 194 g/mol. The minimum Gasteiger partial charge on any atom is -0.399 e. The van der Waals surface area contributed by atoms with E-state index in [1.807, 2.05) is 19.1 Å². The summed E-state index contributed by atoms with van der Waals surface area (Å²) in [5.74, 6) is 0. The normalized spacial score (nSPS) is 10.4. The largest absolute Gasteiger partial charge is 0.399 e. The minimum absolute atomic E-state index is 0.737. The summed E-state index contributed by atoms with van der Waals surface area (Å²) in [6.07, 6.45) is 0. The number of anilines is 1. The highest BCUT2D eigenvalue weighted by atomic mass is 16.5. The van der Waals surface area contributed by atoms with E-state index in [9.17, 15) is 0 Å². The Morgan fingerprint density at radius 3 is 2.93 bits per heavy atom. The summed E-state index contributed by atoms with van der Waals surface area (Å²) in [6.45, 7) is 4.50. The summed E-state index contributed by atoms with van der Waals surface area (Å²) >= 11 is 0. The molecule has 0 atom stereocenters. The van der Waals surface area contributed by atoms with E-state index in [-0.39, 0.29) is 0 Å². The van der Waals surface area contributed by atoms with Gasteiger partial charge in [0.25, 0.3) is 0 Å². The van der Waals surface area contributed by atoms with Crippen LogP contribution in [0.4, 0.5) is 5.69 Å². The third-order valence-electron chi connectivity index (χ3n) is 2.29. The first-order chi connectivity index (χ1) is 6.75. The van der Waals surface area contributed by atoms with Crippen molar-refractivity contribution >= 4 is 5.69 Å². The van der Waals surface area contributed by atoms with E-state index < -0.39 is 0 Å². The molecule has 14 heavy (non-hydrogen) atoms. The highest BCUT2D eigenvalue weighted by Crippen LogP contribution is 2.14. The molecule has 0 spiro atoms. The second-order valence-corrected chi connectivity index (χ2v) is 3.30. The molecule has 0 unspecified atom stereocenters. The van der Waals surface area contributed by atoms with Gasteiger partial charge in [-0.1, -0.05) is 12.1 Å². The molecule has 3 heteroatoms. The molecular formula is C11H18N2O. The minimum atomic E-state index is 0.737. The molecule has 1 aromatic carbocycles. The molecule has 0 aromatic heterocycles. The number of rotatable bonds is 5. The number of nitrogens with two attached hydrogens (primary N) is 1. The topological polar surface area (TPSA) is 47.3 Å². The lowest BCUT2D eigenvalue weighted by Gasteiger charge is -2.09. The SMILES string of the molecule is COCCNCc1cccc(N)c1C. The van der Waals surface area contributed by atoms with Gasteiger partial charge in [0, 0.05) is 25.9 Å². The Morgan fingerprint density at radius 1 is 1.43 bits per heavy atom. The zero-order valence-electron chi connectivity index (χ0n) is 8.84. The number of hydrogen-bond donors (Lipinski definition) is 2. The van der Waals surface area contributed by atoms with E-state index in [0.717, 1.165) is 30.9 Å². The highest BCUT2D eigenvalue weighted by molar-refractivity contribution is 5.49. The van der Waals surface area contributed by atoms with Gasteiger partial charge >= 0.3 is 0 Å². The molecule has 78 valence electrons. The Kier molecular flexibility index (Phi) is 4.43. The van der Waals surface area contributed by atoms with Gasteiger partial charge in [-0.15, -0.1) is 0 Å². The maximum atomic E-state index is 5.80. The number of nitrogens with one attached hydrogen (secondary N) is 1. The lowest BCUT2D eigenvalue weighted by Crippen LogP contribution is -2.19.